The van der Waals surface area contributed by atoms with Crippen LogP contribution in [0.4, 0.5) is 0 Å². The summed E-state index contributed by atoms with van der Waals surface area (Å²) in [6, 6.07) is 8.99. The van der Waals surface area contributed by atoms with E-state index >= 15 is 0 Å². The summed E-state index contributed by atoms with van der Waals surface area (Å²) in [5.74, 6) is 0.955. The van der Waals surface area contributed by atoms with Crippen molar-refractivity contribution in [3.8, 4) is 0 Å². The first kappa shape index (κ1) is 14.7. The number of hydrogen-bond acceptors (Lipinski definition) is 3. The van der Waals surface area contributed by atoms with Crippen LogP contribution in [0, 0.1) is 0 Å². The number of aromatic nitrogens is 3. The van der Waals surface area contributed by atoms with Crippen LogP contribution in [-0.2, 0) is 19.0 Å². The summed E-state index contributed by atoms with van der Waals surface area (Å²) in [4.78, 5) is 0. The lowest BCUT2D eigenvalue weighted by Crippen LogP contribution is -2.21. The van der Waals surface area contributed by atoms with E-state index in [1.165, 1.54) is 11.1 Å². The molecule has 2 rings (SSSR count). The molecule has 1 N–H and O–H groups in total. The van der Waals surface area contributed by atoms with Crippen LogP contribution in [0.3, 0.4) is 0 Å². The predicted octanol–water partition coefficient (Wildman–Crippen LogP) is 2.96. The SMILES string of the molecule is CC(NCc1ccc(C(C)(C)C)cc1)c1nncn1C. The minimum absolute atomic E-state index is 0.185. The highest BCUT2D eigenvalue weighted by molar-refractivity contribution is 5.27. The van der Waals surface area contributed by atoms with Crippen LogP contribution < -0.4 is 5.32 Å². The van der Waals surface area contributed by atoms with Crippen LogP contribution in [0.2, 0.25) is 0 Å². The molecule has 2 aromatic rings. The van der Waals surface area contributed by atoms with Gasteiger partial charge in [0.25, 0.3) is 0 Å². The van der Waals surface area contributed by atoms with Gasteiger partial charge in [-0.3, -0.25) is 0 Å². The Kier molecular flexibility index (Phi) is 4.23. The van der Waals surface area contributed by atoms with E-state index in [-0.39, 0.29) is 11.5 Å². The molecule has 0 bridgehead atoms. The van der Waals surface area contributed by atoms with Crippen molar-refractivity contribution in [2.45, 2.75) is 45.7 Å². The molecule has 0 aliphatic heterocycles. The predicted molar refractivity (Wildman–Crippen MR) is 81.4 cm³/mol. The molecule has 1 unspecified atom stereocenters. The molecule has 0 amide bonds. The Balaban J connectivity index is 1.96. The molecule has 0 aliphatic carbocycles. The number of benzene rings is 1. The minimum atomic E-state index is 0.185. The van der Waals surface area contributed by atoms with Gasteiger partial charge in [0, 0.05) is 13.6 Å². The summed E-state index contributed by atoms with van der Waals surface area (Å²) < 4.78 is 1.94. The number of nitrogens with one attached hydrogen (secondary N) is 1. The summed E-state index contributed by atoms with van der Waals surface area (Å²) in [5, 5.41) is 11.5. The first-order chi connectivity index (χ1) is 9.38. The maximum atomic E-state index is 4.12. The van der Waals surface area contributed by atoms with Crippen molar-refractivity contribution in [3.63, 3.8) is 0 Å². The molecule has 4 nitrogen and oxygen atoms in total. The van der Waals surface area contributed by atoms with Gasteiger partial charge in [-0.1, -0.05) is 45.0 Å². The minimum Gasteiger partial charge on any atom is -0.319 e. The standard InChI is InChI=1S/C16H24N4/c1-12(15-19-18-11-20(15)5)17-10-13-6-8-14(9-7-13)16(2,3)4/h6-9,11-12,17H,10H2,1-5H3. The zero-order valence-corrected chi connectivity index (χ0v) is 13.0. The van der Waals surface area contributed by atoms with Gasteiger partial charge in [-0.05, 0) is 23.5 Å². The van der Waals surface area contributed by atoms with E-state index in [4.69, 9.17) is 0 Å². The highest BCUT2D eigenvalue weighted by Crippen LogP contribution is 2.22. The van der Waals surface area contributed by atoms with Crippen molar-refractivity contribution in [2.75, 3.05) is 0 Å². The van der Waals surface area contributed by atoms with Crippen molar-refractivity contribution < 1.29 is 0 Å². The van der Waals surface area contributed by atoms with Gasteiger partial charge in [0.1, 0.15) is 12.2 Å². The number of rotatable bonds is 4. The Labute approximate surface area is 121 Å². The lowest BCUT2D eigenvalue weighted by molar-refractivity contribution is 0.528. The van der Waals surface area contributed by atoms with E-state index < -0.39 is 0 Å². The quantitative estimate of drug-likeness (QED) is 0.930. The first-order valence-electron chi connectivity index (χ1n) is 7.04. The highest BCUT2D eigenvalue weighted by atomic mass is 15.3. The molecule has 0 spiro atoms. The lowest BCUT2D eigenvalue weighted by atomic mass is 9.87. The van der Waals surface area contributed by atoms with E-state index in [1.807, 2.05) is 11.6 Å². The van der Waals surface area contributed by atoms with Gasteiger partial charge in [-0.2, -0.15) is 0 Å². The number of aryl methyl sites for hydroxylation is 1. The molecule has 1 atom stereocenters. The summed E-state index contributed by atoms with van der Waals surface area (Å²) in [5.41, 5.74) is 2.85. The Morgan fingerprint density at radius 2 is 1.85 bits per heavy atom. The molecule has 0 fully saturated rings. The van der Waals surface area contributed by atoms with Crippen LogP contribution >= 0.6 is 0 Å². The Morgan fingerprint density at radius 1 is 1.20 bits per heavy atom. The van der Waals surface area contributed by atoms with Crippen LogP contribution in [0.5, 0.6) is 0 Å². The molecular weight excluding hydrogens is 248 g/mol. The van der Waals surface area contributed by atoms with Gasteiger partial charge in [0.2, 0.25) is 0 Å². The monoisotopic (exact) mass is 272 g/mol. The van der Waals surface area contributed by atoms with E-state index in [1.54, 1.807) is 6.33 Å². The third-order valence-corrected chi connectivity index (χ3v) is 3.57. The fourth-order valence-corrected chi connectivity index (χ4v) is 2.17. The molecular formula is C16H24N4. The van der Waals surface area contributed by atoms with Gasteiger partial charge in [0.05, 0.1) is 6.04 Å². The smallest absolute Gasteiger partial charge is 0.149 e. The second-order valence-electron chi connectivity index (χ2n) is 6.35. The van der Waals surface area contributed by atoms with E-state index in [9.17, 15) is 0 Å². The van der Waals surface area contributed by atoms with Crippen LogP contribution in [-0.4, -0.2) is 14.8 Å². The molecule has 0 aliphatic rings. The highest BCUT2D eigenvalue weighted by Gasteiger charge is 2.13. The largest absolute Gasteiger partial charge is 0.319 e. The Hall–Kier alpha value is -1.68. The summed E-state index contributed by atoms with van der Waals surface area (Å²) in [6.45, 7) is 9.63. The third-order valence-electron chi connectivity index (χ3n) is 3.57. The molecule has 4 heteroatoms. The molecule has 0 radical (unpaired) electrons. The normalized spacial score (nSPS) is 13.4. The van der Waals surface area contributed by atoms with Gasteiger partial charge in [-0.25, -0.2) is 0 Å². The van der Waals surface area contributed by atoms with Gasteiger partial charge in [0.15, 0.2) is 0 Å². The van der Waals surface area contributed by atoms with Gasteiger partial charge < -0.3 is 9.88 Å². The van der Waals surface area contributed by atoms with E-state index in [2.05, 4.69) is 67.5 Å². The van der Waals surface area contributed by atoms with Gasteiger partial charge in [-0.15, -0.1) is 10.2 Å². The van der Waals surface area contributed by atoms with Crippen molar-refractivity contribution in [2.24, 2.45) is 7.05 Å². The summed E-state index contributed by atoms with van der Waals surface area (Å²) in [6.07, 6.45) is 1.73. The maximum absolute atomic E-state index is 4.12. The lowest BCUT2D eigenvalue weighted by Gasteiger charge is -2.19. The van der Waals surface area contributed by atoms with Crippen LogP contribution in [0.25, 0.3) is 0 Å². The Morgan fingerprint density at radius 3 is 2.35 bits per heavy atom. The van der Waals surface area contributed by atoms with Crippen molar-refractivity contribution in [1.29, 1.82) is 0 Å². The summed E-state index contributed by atoms with van der Waals surface area (Å²) >= 11 is 0. The van der Waals surface area contributed by atoms with E-state index in [0.717, 1.165) is 12.4 Å². The molecule has 1 aromatic carbocycles. The molecule has 20 heavy (non-hydrogen) atoms. The topological polar surface area (TPSA) is 42.7 Å². The van der Waals surface area contributed by atoms with Crippen molar-refractivity contribution in [3.05, 3.63) is 47.5 Å². The molecule has 1 aromatic heterocycles. The zero-order valence-electron chi connectivity index (χ0n) is 13.0. The second-order valence-corrected chi connectivity index (χ2v) is 6.35. The van der Waals surface area contributed by atoms with Gasteiger partial charge >= 0.3 is 0 Å². The van der Waals surface area contributed by atoms with Crippen molar-refractivity contribution >= 4 is 0 Å². The Bertz CT molecular complexity index is 549. The van der Waals surface area contributed by atoms with Crippen LogP contribution in [0.15, 0.2) is 30.6 Å². The fraction of sp³-hybridized carbons (Fsp3) is 0.500. The number of nitrogens with zero attached hydrogens (tertiary/aromatic N) is 3. The van der Waals surface area contributed by atoms with E-state index in [0.29, 0.717) is 0 Å². The summed E-state index contributed by atoms with van der Waals surface area (Å²) in [7, 11) is 1.96. The average molecular weight is 272 g/mol. The first-order valence-corrected chi connectivity index (χ1v) is 7.04. The molecule has 1 heterocycles. The third kappa shape index (κ3) is 3.45. The molecule has 108 valence electrons. The zero-order chi connectivity index (χ0) is 14.8. The van der Waals surface area contributed by atoms with Crippen LogP contribution in [0.1, 0.15) is 50.7 Å². The maximum Gasteiger partial charge on any atom is 0.149 e. The average Bonchev–Trinajstić information content (AvgIpc) is 2.82. The fourth-order valence-electron chi connectivity index (χ4n) is 2.17. The molecule has 0 saturated heterocycles. The number of hydrogen-bond donors (Lipinski definition) is 1. The molecule has 0 saturated carbocycles. The second kappa shape index (κ2) is 5.75. The van der Waals surface area contributed by atoms with Crippen molar-refractivity contribution in [1.82, 2.24) is 20.1 Å².